The van der Waals surface area contributed by atoms with Gasteiger partial charge in [0, 0.05) is 30.9 Å². The molecule has 3 heterocycles. The third-order valence-corrected chi connectivity index (χ3v) is 4.99. The number of methoxy groups -OCH3 is 1. The number of aromatic nitrogens is 1. The zero-order valence-corrected chi connectivity index (χ0v) is 14.9. The van der Waals surface area contributed by atoms with Gasteiger partial charge in [-0.15, -0.1) is 0 Å². The first-order valence-electron chi connectivity index (χ1n) is 8.65. The van der Waals surface area contributed by atoms with Crippen LogP contribution in [-0.2, 0) is 4.74 Å². The normalized spacial score (nSPS) is 27.1. The van der Waals surface area contributed by atoms with Gasteiger partial charge in [0.25, 0.3) is 5.91 Å². The van der Waals surface area contributed by atoms with Gasteiger partial charge in [0.15, 0.2) is 0 Å². The van der Waals surface area contributed by atoms with E-state index in [0.717, 1.165) is 31.8 Å². The Morgan fingerprint density at radius 1 is 1.46 bits per heavy atom. The van der Waals surface area contributed by atoms with E-state index in [2.05, 4.69) is 29.0 Å². The molecule has 1 amide bonds. The Morgan fingerprint density at radius 2 is 2.25 bits per heavy atom. The zero-order chi connectivity index (χ0) is 17.3. The number of morpholine rings is 1. The first-order chi connectivity index (χ1) is 11.5. The molecule has 2 fully saturated rings. The predicted octanol–water partition coefficient (Wildman–Crippen LogP) is 1.63. The molecule has 2 saturated heterocycles. The molecular formula is C18H27N3O3. The van der Waals surface area contributed by atoms with Crippen molar-refractivity contribution in [1.29, 1.82) is 0 Å². The summed E-state index contributed by atoms with van der Waals surface area (Å²) < 4.78 is 11.2. The van der Waals surface area contributed by atoms with Crippen LogP contribution in [0.2, 0.25) is 0 Å². The van der Waals surface area contributed by atoms with Crippen LogP contribution in [0.25, 0.3) is 0 Å². The second-order valence-electron chi connectivity index (χ2n) is 7.16. The highest BCUT2D eigenvalue weighted by Crippen LogP contribution is 2.26. The number of pyridine rings is 1. The summed E-state index contributed by atoms with van der Waals surface area (Å²) in [5.74, 6) is 0.934. The van der Waals surface area contributed by atoms with Crippen LogP contribution in [0.3, 0.4) is 0 Å². The van der Waals surface area contributed by atoms with Gasteiger partial charge in [0.1, 0.15) is 5.75 Å². The monoisotopic (exact) mass is 333 g/mol. The molecule has 0 unspecified atom stereocenters. The van der Waals surface area contributed by atoms with Crippen LogP contribution in [0.5, 0.6) is 5.75 Å². The minimum atomic E-state index is -0.0940. The number of fused-ring (bicyclic) bond motifs is 1. The molecule has 0 spiro atoms. The van der Waals surface area contributed by atoms with Gasteiger partial charge in [0.05, 0.1) is 31.6 Å². The van der Waals surface area contributed by atoms with E-state index in [4.69, 9.17) is 9.47 Å². The van der Waals surface area contributed by atoms with Crippen molar-refractivity contribution >= 4 is 5.91 Å². The SMILES string of the molecule is COc1cnc(C)cc1C(=O)N[C@H]1C[C@H]2CO[C@H](C(C)C)CN2C1. The molecule has 0 radical (unpaired) electrons. The van der Waals surface area contributed by atoms with Crippen molar-refractivity contribution < 1.29 is 14.3 Å². The van der Waals surface area contributed by atoms with Gasteiger partial charge in [-0.1, -0.05) is 13.8 Å². The second-order valence-corrected chi connectivity index (χ2v) is 7.16. The Balaban J connectivity index is 1.63. The number of hydrogen-bond acceptors (Lipinski definition) is 5. The smallest absolute Gasteiger partial charge is 0.255 e. The fraction of sp³-hybridized carbons (Fsp3) is 0.667. The van der Waals surface area contributed by atoms with Gasteiger partial charge < -0.3 is 14.8 Å². The van der Waals surface area contributed by atoms with Crippen LogP contribution in [0.1, 0.15) is 36.3 Å². The average Bonchev–Trinajstić information content (AvgIpc) is 2.95. The van der Waals surface area contributed by atoms with Gasteiger partial charge >= 0.3 is 0 Å². The molecule has 1 N–H and O–H groups in total. The molecule has 132 valence electrons. The molecule has 6 nitrogen and oxygen atoms in total. The molecule has 0 saturated carbocycles. The van der Waals surface area contributed by atoms with Crippen LogP contribution in [0, 0.1) is 12.8 Å². The molecule has 0 bridgehead atoms. The molecule has 0 aliphatic carbocycles. The summed E-state index contributed by atoms with van der Waals surface area (Å²) in [7, 11) is 1.56. The van der Waals surface area contributed by atoms with Crippen LogP contribution in [-0.4, -0.2) is 60.8 Å². The molecule has 2 aliphatic rings. The third kappa shape index (κ3) is 3.54. The fourth-order valence-electron chi connectivity index (χ4n) is 3.56. The van der Waals surface area contributed by atoms with Crippen molar-refractivity contribution in [2.45, 2.75) is 45.4 Å². The number of amides is 1. The molecule has 1 aromatic rings. The maximum absolute atomic E-state index is 12.6. The largest absolute Gasteiger partial charge is 0.494 e. The fourth-order valence-corrected chi connectivity index (χ4v) is 3.56. The van der Waals surface area contributed by atoms with E-state index in [-0.39, 0.29) is 11.9 Å². The van der Waals surface area contributed by atoms with Crippen LogP contribution in [0.4, 0.5) is 0 Å². The summed E-state index contributed by atoms with van der Waals surface area (Å²) in [6.45, 7) is 8.85. The lowest BCUT2D eigenvalue weighted by Crippen LogP contribution is -2.48. The minimum Gasteiger partial charge on any atom is -0.494 e. The number of nitrogens with one attached hydrogen (secondary N) is 1. The van der Waals surface area contributed by atoms with Crippen molar-refractivity contribution in [2.24, 2.45) is 5.92 Å². The van der Waals surface area contributed by atoms with E-state index in [1.54, 1.807) is 19.4 Å². The highest BCUT2D eigenvalue weighted by atomic mass is 16.5. The van der Waals surface area contributed by atoms with Gasteiger partial charge in [-0.25, -0.2) is 0 Å². The Bertz CT molecular complexity index is 605. The van der Waals surface area contributed by atoms with Crippen molar-refractivity contribution in [3.63, 3.8) is 0 Å². The van der Waals surface area contributed by atoms with Crippen molar-refractivity contribution in [2.75, 3.05) is 26.8 Å². The number of carbonyl (C=O) groups excluding carboxylic acids is 1. The van der Waals surface area contributed by atoms with E-state index < -0.39 is 0 Å². The quantitative estimate of drug-likeness (QED) is 0.907. The number of rotatable bonds is 4. The van der Waals surface area contributed by atoms with Crippen molar-refractivity contribution in [3.05, 3.63) is 23.5 Å². The summed E-state index contributed by atoms with van der Waals surface area (Å²) in [5.41, 5.74) is 1.35. The Labute approximate surface area is 143 Å². The maximum atomic E-state index is 12.6. The molecule has 1 aromatic heterocycles. The molecular weight excluding hydrogens is 306 g/mol. The van der Waals surface area contributed by atoms with Crippen LogP contribution < -0.4 is 10.1 Å². The van der Waals surface area contributed by atoms with E-state index in [1.807, 2.05) is 6.92 Å². The highest BCUT2D eigenvalue weighted by Gasteiger charge is 2.38. The van der Waals surface area contributed by atoms with Crippen molar-refractivity contribution in [1.82, 2.24) is 15.2 Å². The third-order valence-electron chi connectivity index (χ3n) is 4.99. The highest BCUT2D eigenvalue weighted by molar-refractivity contribution is 5.97. The minimum absolute atomic E-state index is 0.0940. The Morgan fingerprint density at radius 3 is 2.96 bits per heavy atom. The van der Waals surface area contributed by atoms with Crippen molar-refractivity contribution in [3.8, 4) is 5.75 Å². The standard InChI is InChI=1S/C18H27N3O3/c1-11(2)17-9-21-8-13(6-14(21)10-24-17)20-18(22)15-5-12(3)19-7-16(15)23-4/h5,7,11,13-14,17H,6,8-10H2,1-4H3,(H,20,22)/t13-,14-,17-/m0/s1. The summed E-state index contributed by atoms with van der Waals surface area (Å²) in [4.78, 5) is 19.3. The molecule has 24 heavy (non-hydrogen) atoms. The zero-order valence-electron chi connectivity index (χ0n) is 14.9. The lowest BCUT2D eigenvalue weighted by molar-refractivity contribution is -0.0683. The number of aryl methyl sites for hydroxylation is 1. The topological polar surface area (TPSA) is 63.7 Å². The van der Waals surface area contributed by atoms with E-state index in [9.17, 15) is 4.79 Å². The first kappa shape index (κ1) is 17.2. The van der Waals surface area contributed by atoms with Gasteiger partial charge in [0.2, 0.25) is 0 Å². The van der Waals surface area contributed by atoms with E-state index in [1.165, 1.54) is 0 Å². The van der Waals surface area contributed by atoms with E-state index >= 15 is 0 Å². The molecule has 0 aromatic carbocycles. The summed E-state index contributed by atoms with van der Waals surface area (Å²) >= 11 is 0. The first-order valence-corrected chi connectivity index (χ1v) is 8.65. The van der Waals surface area contributed by atoms with Gasteiger partial charge in [-0.05, 0) is 25.3 Å². The number of carbonyl (C=O) groups is 1. The van der Waals surface area contributed by atoms with Crippen LogP contribution >= 0.6 is 0 Å². The maximum Gasteiger partial charge on any atom is 0.255 e. The number of ether oxygens (including phenoxy) is 2. The Hall–Kier alpha value is -1.66. The summed E-state index contributed by atoms with van der Waals surface area (Å²) in [6, 6.07) is 2.33. The molecule has 3 atom stereocenters. The van der Waals surface area contributed by atoms with Gasteiger partial charge in [-0.3, -0.25) is 14.7 Å². The lowest BCUT2D eigenvalue weighted by Gasteiger charge is -2.36. The molecule has 3 rings (SSSR count). The number of nitrogens with zero attached hydrogens (tertiary/aromatic N) is 2. The predicted molar refractivity (Wildman–Crippen MR) is 91.3 cm³/mol. The summed E-state index contributed by atoms with van der Waals surface area (Å²) in [5, 5.41) is 3.15. The Kier molecular flexibility index (Phi) is 5.06. The second kappa shape index (κ2) is 7.07. The average molecular weight is 333 g/mol. The molecule has 6 heteroatoms. The summed E-state index contributed by atoms with van der Waals surface area (Å²) in [6.07, 6.45) is 2.82. The molecule has 2 aliphatic heterocycles. The van der Waals surface area contributed by atoms with Gasteiger partial charge in [-0.2, -0.15) is 0 Å². The van der Waals surface area contributed by atoms with E-state index in [0.29, 0.717) is 29.4 Å². The number of hydrogen-bond donors (Lipinski definition) is 1. The lowest BCUT2D eigenvalue weighted by atomic mass is 10.0. The van der Waals surface area contributed by atoms with Crippen LogP contribution in [0.15, 0.2) is 12.3 Å².